The van der Waals surface area contributed by atoms with E-state index < -0.39 is 15.4 Å². The molecule has 0 saturated heterocycles. The SMILES string of the molecule is CCC(C)N(c1c([N+](=O)[O-])cccc1[N+](=O)[O-])C(C)(C)C. The fourth-order valence-electron chi connectivity index (χ4n) is 2.46. The minimum Gasteiger partial charge on any atom is -0.353 e. The van der Waals surface area contributed by atoms with Gasteiger partial charge >= 0.3 is 0 Å². The molecule has 1 aromatic rings. The molecule has 21 heavy (non-hydrogen) atoms. The third kappa shape index (κ3) is 3.48. The molecular weight excluding hydrogens is 274 g/mol. The van der Waals surface area contributed by atoms with Crippen LogP contribution in [0.1, 0.15) is 41.0 Å². The van der Waals surface area contributed by atoms with Gasteiger partial charge in [-0.05, 0) is 40.2 Å². The van der Waals surface area contributed by atoms with Gasteiger partial charge in [-0.15, -0.1) is 0 Å². The number of nitro groups is 2. The van der Waals surface area contributed by atoms with E-state index in [1.165, 1.54) is 18.2 Å². The summed E-state index contributed by atoms with van der Waals surface area (Å²) in [4.78, 5) is 23.2. The number of nitro benzene ring substituents is 2. The molecule has 0 spiro atoms. The van der Waals surface area contributed by atoms with Crippen molar-refractivity contribution >= 4 is 17.1 Å². The largest absolute Gasteiger partial charge is 0.353 e. The molecule has 1 unspecified atom stereocenters. The molecule has 0 amide bonds. The van der Waals surface area contributed by atoms with Crippen molar-refractivity contribution in [2.45, 2.75) is 52.6 Å². The highest BCUT2D eigenvalue weighted by molar-refractivity contribution is 5.76. The molecule has 0 aliphatic rings. The number of para-hydroxylation sites is 1. The number of hydrogen-bond donors (Lipinski definition) is 0. The van der Waals surface area contributed by atoms with Crippen molar-refractivity contribution in [2.24, 2.45) is 0 Å². The van der Waals surface area contributed by atoms with Crippen LogP contribution in [0.5, 0.6) is 0 Å². The van der Waals surface area contributed by atoms with Crippen LogP contribution >= 0.6 is 0 Å². The van der Waals surface area contributed by atoms with Crippen molar-refractivity contribution in [3.8, 4) is 0 Å². The molecule has 0 aliphatic heterocycles. The third-order valence-electron chi connectivity index (χ3n) is 3.38. The van der Waals surface area contributed by atoms with E-state index in [1.54, 1.807) is 4.90 Å². The second-order valence-corrected chi connectivity index (χ2v) is 5.96. The van der Waals surface area contributed by atoms with Crippen LogP contribution in [0.3, 0.4) is 0 Å². The number of rotatable bonds is 5. The van der Waals surface area contributed by atoms with E-state index >= 15 is 0 Å². The number of anilines is 1. The van der Waals surface area contributed by atoms with Crippen molar-refractivity contribution in [3.63, 3.8) is 0 Å². The third-order valence-corrected chi connectivity index (χ3v) is 3.38. The minimum atomic E-state index is -0.566. The van der Waals surface area contributed by atoms with Gasteiger partial charge in [0.05, 0.1) is 9.85 Å². The molecule has 0 saturated carbocycles. The van der Waals surface area contributed by atoms with E-state index in [0.717, 1.165) is 6.42 Å². The number of benzene rings is 1. The highest BCUT2D eigenvalue weighted by atomic mass is 16.6. The average Bonchev–Trinajstić information content (AvgIpc) is 2.36. The first kappa shape index (κ1) is 16.9. The van der Waals surface area contributed by atoms with Crippen LogP contribution in [0, 0.1) is 20.2 Å². The lowest BCUT2D eigenvalue weighted by molar-refractivity contribution is -0.392. The highest BCUT2D eigenvalue weighted by Gasteiger charge is 2.37. The second kappa shape index (κ2) is 6.07. The predicted octanol–water partition coefficient (Wildman–Crippen LogP) is 3.91. The maximum absolute atomic E-state index is 11.3. The molecule has 0 heterocycles. The first-order valence-electron chi connectivity index (χ1n) is 6.82. The Bertz CT molecular complexity index is 519. The Balaban J connectivity index is 3.70. The molecule has 7 heteroatoms. The standard InChI is InChI=1S/C14H21N3O4/c1-6-10(2)15(14(3,4)5)13-11(16(18)19)8-7-9-12(13)17(20)21/h7-10H,6H2,1-5H3. The maximum Gasteiger partial charge on any atom is 0.299 e. The summed E-state index contributed by atoms with van der Waals surface area (Å²) < 4.78 is 0. The number of nitrogens with zero attached hydrogens (tertiary/aromatic N) is 3. The van der Waals surface area contributed by atoms with Crippen LogP contribution in [-0.2, 0) is 0 Å². The van der Waals surface area contributed by atoms with Crippen LogP contribution in [0.25, 0.3) is 0 Å². The van der Waals surface area contributed by atoms with Gasteiger partial charge in [0.25, 0.3) is 11.4 Å². The van der Waals surface area contributed by atoms with E-state index in [0.29, 0.717) is 0 Å². The fourth-order valence-corrected chi connectivity index (χ4v) is 2.46. The van der Waals surface area contributed by atoms with Crippen molar-refractivity contribution in [1.29, 1.82) is 0 Å². The molecular formula is C14H21N3O4. The maximum atomic E-state index is 11.3. The van der Waals surface area contributed by atoms with Gasteiger partial charge in [-0.25, -0.2) is 0 Å². The molecule has 116 valence electrons. The van der Waals surface area contributed by atoms with Crippen LogP contribution in [-0.4, -0.2) is 21.4 Å². The molecule has 0 radical (unpaired) electrons. The molecule has 1 rings (SSSR count). The lowest BCUT2D eigenvalue weighted by Gasteiger charge is -2.41. The average molecular weight is 295 g/mol. The van der Waals surface area contributed by atoms with Crippen LogP contribution < -0.4 is 4.90 Å². The van der Waals surface area contributed by atoms with Gasteiger partial charge in [0.1, 0.15) is 0 Å². The lowest BCUT2D eigenvalue weighted by atomic mass is 9.99. The van der Waals surface area contributed by atoms with E-state index in [2.05, 4.69) is 0 Å². The Hall–Kier alpha value is -2.18. The molecule has 0 fully saturated rings. The highest BCUT2D eigenvalue weighted by Crippen LogP contribution is 2.41. The Labute approximate surface area is 123 Å². The summed E-state index contributed by atoms with van der Waals surface area (Å²) in [6, 6.07) is 3.90. The zero-order chi connectivity index (χ0) is 16.4. The topological polar surface area (TPSA) is 89.5 Å². The smallest absolute Gasteiger partial charge is 0.299 e. The monoisotopic (exact) mass is 295 g/mol. The first-order chi connectivity index (χ1) is 9.61. The number of hydrogen-bond acceptors (Lipinski definition) is 5. The van der Waals surface area contributed by atoms with Gasteiger partial charge in [-0.2, -0.15) is 0 Å². The second-order valence-electron chi connectivity index (χ2n) is 5.96. The summed E-state index contributed by atoms with van der Waals surface area (Å²) in [5, 5.41) is 22.6. The summed E-state index contributed by atoms with van der Waals surface area (Å²) in [6.07, 6.45) is 0.723. The van der Waals surface area contributed by atoms with Crippen LogP contribution in [0.15, 0.2) is 18.2 Å². The zero-order valence-corrected chi connectivity index (χ0v) is 13.0. The summed E-state index contributed by atoms with van der Waals surface area (Å²) in [5.74, 6) is 0. The van der Waals surface area contributed by atoms with Crippen LogP contribution in [0.2, 0.25) is 0 Å². The van der Waals surface area contributed by atoms with Gasteiger partial charge < -0.3 is 4.90 Å². The Kier molecular flexibility index (Phi) is 4.88. The Morgan fingerprint density at radius 2 is 1.57 bits per heavy atom. The molecule has 1 aromatic carbocycles. The van der Waals surface area contributed by atoms with Crippen molar-refractivity contribution in [2.75, 3.05) is 4.90 Å². The van der Waals surface area contributed by atoms with Crippen LogP contribution in [0.4, 0.5) is 17.1 Å². The van der Waals surface area contributed by atoms with Gasteiger partial charge in [0, 0.05) is 23.7 Å². The lowest BCUT2D eigenvalue weighted by Crippen LogP contribution is -2.47. The van der Waals surface area contributed by atoms with Crippen molar-refractivity contribution in [3.05, 3.63) is 38.4 Å². The van der Waals surface area contributed by atoms with Gasteiger partial charge in [0.2, 0.25) is 0 Å². The molecule has 7 nitrogen and oxygen atoms in total. The summed E-state index contributed by atoms with van der Waals surface area (Å²) >= 11 is 0. The van der Waals surface area contributed by atoms with Gasteiger partial charge in [-0.3, -0.25) is 20.2 Å². The van der Waals surface area contributed by atoms with E-state index in [1.807, 2.05) is 34.6 Å². The normalized spacial score (nSPS) is 12.8. The quantitative estimate of drug-likeness (QED) is 0.607. The molecule has 0 aromatic heterocycles. The molecule has 0 N–H and O–H groups in total. The molecule has 0 bridgehead atoms. The van der Waals surface area contributed by atoms with E-state index in [9.17, 15) is 20.2 Å². The predicted molar refractivity (Wildman–Crippen MR) is 81.7 cm³/mol. The van der Waals surface area contributed by atoms with E-state index in [-0.39, 0.29) is 23.1 Å². The Morgan fingerprint density at radius 3 is 1.86 bits per heavy atom. The van der Waals surface area contributed by atoms with Gasteiger partial charge in [-0.1, -0.05) is 6.92 Å². The van der Waals surface area contributed by atoms with Crippen molar-refractivity contribution < 1.29 is 9.85 Å². The summed E-state index contributed by atoms with van der Waals surface area (Å²) in [6.45, 7) is 9.52. The van der Waals surface area contributed by atoms with E-state index in [4.69, 9.17) is 0 Å². The zero-order valence-electron chi connectivity index (χ0n) is 13.0. The Morgan fingerprint density at radius 1 is 1.14 bits per heavy atom. The molecule has 1 atom stereocenters. The van der Waals surface area contributed by atoms with Gasteiger partial charge in [0.15, 0.2) is 5.69 Å². The first-order valence-corrected chi connectivity index (χ1v) is 6.82. The fraction of sp³-hybridized carbons (Fsp3) is 0.571. The molecule has 0 aliphatic carbocycles. The summed E-state index contributed by atoms with van der Waals surface area (Å²) in [7, 11) is 0. The minimum absolute atomic E-state index is 0.0650. The summed E-state index contributed by atoms with van der Waals surface area (Å²) in [5.41, 5.74) is -0.875. The van der Waals surface area contributed by atoms with Crippen molar-refractivity contribution in [1.82, 2.24) is 0 Å².